The third-order valence-corrected chi connectivity index (χ3v) is 4.98. The van der Waals surface area contributed by atoms with E-state index >= 15 is 0 Å². The van der Waals surface area contributed by atoms with Gasteiger partial charge in [0.05, 0.1) is 13.2 Å². The molecule has 4 rings (SSSR count). The maximum Gasteiger partial charge on any atom is 0.260 e. The smallest absolute Gasteiger partial charge is 0.260 e. The summed E-state index contributed by atoms with van der Waals surface area (Å²) >= 11 is 0. The Morgan fingerprint density at radius 1 is 0.964 bits per heavy atom. The predicted octanol–water partition coefficient (Wildman–Crippen LogP) is 1.04. The summed E-state index contributed by atoms with van der Waals surface area (Å²) in [5.74, 6) is 2.38. The molecule has 8 nitrogen and oxygen atoms in total. The number of morpholine rings is 1. The molecule has 8 heteroatoms. The average molecular weight is 383 g/mol. The SMILES string of the molecule is O=C(COc1ccccc1)N1CCN(c2ccnc(N3CCOCC3)n2)CC1. The number of hydrogen-bond acceptors (Lipinski definition) is 7. The Kier molecular flexibility index (Phi) is 5.86. The zero-order chi connectivity index (χ0) is 19.2. The van der Waals surface area contributed by atoms with Crippen molar-refractivity contribution in [3.8, 4) is 5.75 Å². The fraction of sp³-hybridized carbons (Fsp3) is 0.450. The number of para-hydroxylation sites is 1. The second kappa shape index (κ2) is 8.88. The van der Waals surface area contributed by atoms with E-state index < -0.39 is 0 Å². The lowest BCUT2D eigenvalue weighted by atomic mass is 10.3. The zero-order valence-corrected chi connectivity index (χ0v) is 15.9. The van der Waals surface area contributed by atoms with Crippen LogP contribution >= 0.6 is 0 Å². The van der Waals surface area contributed by atoms with Gasteiger partial charge in [0.1, 0.15) is 11.6 Å². The highest BCUT2D eigenvalue weighted by Crippen LogP contribution is 2.18. The molecule has 0 radical (unpaired) electrons. The first-order valence-corrected chi connectivity index (χ1v) is 9.66. The second-order valence-electron chi connectivity index (χ2n) is 6.78. The quantitative estimate of drug-likeness (QED) is 0.764. The molecule has 0 saturated carbocycles. The number of hydrogen-bond donors (Lipinski definition) is 0. The van der Waals surface area contributed by atoms with Gasteiger partial charge in [-0.05, 0) is 18.2 Å². The molecular weight excluding hydrogens is 358 g/mol. The van der Waals surface area contributed by atoms with Crippen molar-refractivity contribution < 1.29 is 14.3 Å². The molecule has 0 atom stereocenters. The number of carbonyl (C=O) groups is 1. The molecule has 2 aliphatic heterocycles. The Bertz CT molecular complexity index is 774. The minimum Gasteiger partial charge on any atom is -0.484 e. The lowest BCUT2D eigenvalue weighted by Gasteiger charge is -2.35. The molecule has 148 valence electrons. The average Bonchev–Trinajstić information content (AvgIpc) is 2.79. The van der Waals surface area contributed by atoms with Crippen molar-refractivity contribution in [1.29, 1.82) is 0 Å². The largest absolute Gasteiger partial charge is 0.484 e. The molecular formula is C20H25N5O3. The van der Waals surface area contributed by atoms with Crippen LogP contribution in [0.15, 0.2) is 42.6 Å². The van der Waals surface area contributed by atoms with Gasteiger partial charge in [0.2, 0.25) is 5.95 Å². The molecule has 2 fully saturated rings. The van der Waals surface area contributed by atoms with Crippen molar-refractivity contribution in [2.75, 3.05) is 68.9 Å². The Morgan fingerprint density at radius 3 is 2.46 bits per heavy atom. The van der Waals surface area contributed by atoms with E-state index in [2.05, 4.69) is 14.8 Å². The summed E-state index contributed by atoms with van der Waals surface area (Å²) in [6, 6.07) is 11.3. The number of nitrogens with zero attached hydrogens (tertiary/aromatic N) is 5. The fourth-order valence-electron chi connectivity index (χ4n) is 3.37. The van der Waals surface area contributed by atoms with Crippen LogP contribution in [0.3, 0.4) is 0 Å². The Morgan fingerprint density at radius 2 is 1.71 bits per heavy atom. The summed E-state index contributed by atoms with van der Waals surface area (Å²) in [5, 5.41) is 0. The van der Waals surface area contributed by atoms with Crippen LogP contribution in [-0.2, 0) is 9.53 Å². The van der Waals surface area contributed by atoms with E-state index in [0.717, 1.165) is 37.9 Å². The highest BCUT2D eigenvalue weighted by Gasteiger charge is 2.23. The molecule has 0 bridgehead atoms. The van der Waals surface area contributed by atoms with E-state index in [1.165, 1.54) is 0 Å². The normalized spacial score (nSPS) is 17.5. The Balaban J connectivity index is 1.29. The van der Waals surface area contributed by atoms with Gasteiger partial charge in [-0.2, -0.15) is 4.98 Å². The summed E-state index contributed by atoms with van der Waals surface area (Å²) in [4.78, 5) is 27.7. The summed E-state index contributed by atoms with van der Waals surface area (Å²) in [6.07, 6.45) is 1.80. The van der Waals surface area contributed by atoms with Gasteiger partial charge in [0.15, 0.2) is 6.61 Å². The number of piperazine rings is 1. The molecule has 0 N–H and O–H groups in total. The van der Waals surface area contributed by atoms with Gasteiger partial charge in [0, 0.05) is 45.5 Å². The van der Waals surface area contributed by atoms with Crippen LogP contribution in [0.5, 0.6) is 5.75 Å². The Hall–Kier alpha value is -2.87. The first kappa shape index (κ1) is 18.5. The lowest BCUT2D eigenvalue weighted by Crippen LogP contribution is -2.50. The summed E-state index contributed by atoms with van der Waals surface area (Å²) in [6.45, 7) is 5.92. The molecule has 2 aromatic rings. The molecule has 0 spiro atoms. The molecule has 2 aliphatic rings. The number of amides is 1. The van der Waals surface area contributed by atoms with Crippen molar-refractivity contribution in [2.24, 2.45) is 0 Å². The number of aromatic nitrogens is 2. The summed E-state index contributed by atoms with van der Waals surface area (Å²) in [5.41, 5.74) is 0. The third-order valence-electron chi connectivity index (χ3n) is 4.98. The van der Waals surface area contributed by atoms with E-state index in [1.54, 1.807) is 6.20 Å². The topological polar surface area (TPSA) is 71.0 Å². The highest BCUT2D eigenvalue weighted by molar-refractivity contribution is 5.78. The van der Waals surface area contributed by atoms with Crippen LogP contribution in [0.2, 0.25) is 0 Å². The standard InChI is InChI=1S/C20H25N5O3/c26-19(16-28-17-4-2-1-3-5-17)24-10-8-23(9-11-24)18-6-7-21-20(22-18)25-12-14-27-15-13-25/h1-7H,8-16H2. The zero-order valence-electron chi connectivity index (χ0n) is 15.9. The summed E-state index contributed by atoms with van der Waals surface area (Å²) < 4.78 is 11.0. The molecule has 28 heavy (non-hydrogen) atoms. The van der Waals surface area contributed by atoms with Gasteiger partial charge in [-0.1, -0.05) is 18.2 Å². The van der Waals surface area contributed by atoms with Gasteiger partial charge in [0.25, 0.3) is 5.91 Å². The maximum atomic E-state index is 12.4. The highest BCUT2D eigenvalue weighted by atomic mass is 16.5. The van der Waals surface area contributed by atoms with Crippen LogP contribution in [0, 0.1) is 0 Å². The molecule has 0 unspecified atom stereocenters. The van der Waals surface area contributed by atoms with Crippen LogP contribution < -0.4 is 14.5 Å². The lowest BCUT2D eigenvalue weighted by molar-refractivity contribution is -0.133. The van der Waals surface area contributed by atoms with E-state index in [4.69, 9.17) is 14.5 Å². The molecule has 1 amide bonds. The molecule has 1 aromatic carbocycles. The summed E-state index contributed by atoms with van der Waals surface area (Å²) in [7, 11) is 0. The van der Waals surface area contributed by atoms with E-state index in [-0.39, 0.29) is 12.5 Å². The van der Waals surface area contributed by atoms with Crippen LogP contribution in [-0.4, -0.2) is 79.9 Å². The third kappa shape index (κ3) is 4.51. The fourth-order valence-corrected chi connectivity index (χ4v) is 3.37. The van der Waals surface area contributed by atoms with Gasteiger partial charge >= 0.3 is 0 Å². The van der Waals surface area contributed by atoms with Crippen LogP contribution in [0.1, 0.15) is 0 Å². The number of ether oxygens (including phenoxy) is 2. The van der Waals surface area contributed by atoms with Crippen molar-refractivity contribution in [1.82, 2.24) is 14.9 Å². The number of rotatable bonds is 5. The Labute approximate surface area is 164 Å². The van der Waals surface area contributed by atoms with Gasteiger partial charge in [-0.25, -0.2) is 4.98 Å². The molecule has 3 heterocycles. The molecule has 2 saturated heterocycles. The van der Waals surface area contributed by atoms with Crippen molar-refractivity contribution in [2.45, 2.75) is 0 Å². The first-order chi connectivity index (χ1) is 13.8. The minimum atomic E-state index is 0.0141. The van der Waals surface area contributed by atoms with E-state index in [9.17, 15) is 4.79 Å². The van der Waals surface area contributed by atoms with Gasteiger partial charge < -0.3 is 24.2 Å². The monoisotopic (exact) mass is 383 g/mol. The van der Waals surface area contributed by atoms with E-state index in [1.807, 2.05) is 41.3 Å². The first-order valence-electron chi connectivity index (χ1n) is 9.66. The van der Waals surface area contributed by atoms with Crippen molar-refractivity contribution >= 4 is 17.7 Å². The van der Waals surface area contributed by atoms with Crippen molar-refractivity contribution in [3.05, 3.63) is 42.6 Å². The maximum absolute atomic E-state index is 12.4. The second-order valence-corrected chi connectivity index (χ2v) is 6.78. The van der Waals surface area contributed by atoms with E-state index in [0.29, 0.717) is 32.1 Å². The van der Waals surface area contributed by atoms with Gasteiger partial charge in [-0.3, -0.25) is 4.79 Å². The van der Waals surface area contributed by atoms with Gasteiger partial charge in [-0.15, -0.1) is 0 Å². The minimum absolute atomic E-state index is 0.0141. The number of benzene rings is 1. The number of carbonyl (C=O) groups excluding carboxylic acids is 1. The predicted molar refractivity (Wildman–Crippen MR) is 106 cm³/mol. The molecule has 0 aliphatic carbocycles. The van der Waals surface area contributed by atoms with Crippen LogP contribution in [0.25, 0.3) is 0 Å². The number of anilines is 2. The van der Waals surface area contributed by atoms with Crippen LogP contribution in [0.4, 0.5) is 11.8 Å². The molecule has 1 aromatic heterocycles. The van der Waals surface area contributed by atoms with Crippen molar-refractivity contribution in [3.63, 3.8) is 0 Å².